The molecule has 2 rings (SSSR count). The third-order valence-electron chi connectivity index (χ3n) is 3.93. The van der Waals surface area contributed by atoms with E-state index < -0.39 is 0 Å². The molecule has 0 unspecified atom stereocenters. The topological polar surface area (TPSA) is 35.6 Å². The normalized spacial score (nSPS) is 19.8. The summed E-state index contributed by atoms with van der Waals surface area (Å²) in [5, 5.41) is 3.35. The average Bonchev–Trinajstić information content (AvgIpc) is 2.48. The van der Waals surface area contributed by atoms with Crippen LogP contribution in [0.15, 0.2) is 30.3 Å². The van der Waals surface area contributed by atoms with Gasteiger partial charge >= 0.3 is 0 Å². The molecule has 1 aromatic rings. The molecule has 1 saturated heterocycles. The van der Waals surface area contributed by atoms with Crippen molar-refractivity contribution in [1.82, 2.24) is 15.1 Å². The van der Waals surface area contributed by atoms with E-state index in [4.69, 9.17) is 0 Å². The molecule has 20 heavy (non-hydrogen) atoms. The number of hydrogen-bond donors (Lipinski definition) is 1. The number of likely N-dealkylation sites (N-methyl/N-ethyl adjacent to an activating group) is 1. The van der Waals surface area contributed by atoms with Crippen LogP contribution >= 0.6 is 0 Å². The van der Waals surface area contributed by atoms with Gasteiger partial charge in [0.05, 0.1) is 6.54 Å². The molecule has 0 aromatic heterocycles. The molecule has 110 valence electrons. The molecule has 0 aliphatic carbocycles. The van der Waals surface area contributed by atoms with Crippen molar-refractivity contribution in [3.63, 3.8) is 0 Å². The summed E-state index contributed by atoms with van der Waals surface area (Å²) >= 11 is 0. The lowest BCUT2D eigenvalue weighted by atomic mass is 10.2. The molecule has 4 heteroatoms. The lowest BCUT2D eigenvalue weighted by Crippen LogP contribution is -2.53. The molecule has 1 fully saturated rings. The second-order valence-electron chi connectivity index (χ2n) is 5.42. The summed E-state index contributed by atoms with van der Waals surface area (Å²) in [6.07, 6.45) is 0. The monoisotopic (exact) mass is 275 g/mol. The lowest BCUT2D eigenvalue weighted by molar-refractivity contribution is -0.133. The Morgan fingerprint density at radius 2 is 2.15 bits per heavy atom. The molecule has 0 bridgehead atoms. The van der Waals surface area contributed by atoms with Crippen molar-refractivity contribution in [1.29, 1.82) is 0 Å². The Morgan fingerprint density at radius 1 is 1.40 bits per heavy atom. The summed E-state index contributed by atoms with van der Waals surface area (Å²) in [6.45, 7) is 9.11. The lowest BCUT2D eigenvalue weighted by Gasteiger charge is -2.34. The van der Waals surface area contributed by atoms with Crippen LogP contribution in [-0.4, -0.2) is 54.5 Å². The predicted octanol–water partition coefficient (Wildman–Crippen LogP) is 1.33. The minimum Gasteiger partial charge on any atom is -0.338 e. The zero-order valence-corrected chi connectivity index (χ0v) is 12.5. The molecule has 1 aliphatic rings. The molecule has 0 radical (unpaired) electrons. The summed E-state index contributed by atoms with van der Waals surface area (Å²) in [5.41, 5.74) is 1.19. The number of hydrogen-bond acceptors (Lipinski definition) is 3. The van der Waals surface area contributed by atoms with Crippen LogP contribution in [0.25, 0.3) is 0 Å². The Hall–Kier alpha value is -1.39. The molecule has 0 saturated carbocycles. The number of carbonyl (C=O) groups is 1. The Balaban J connectivity index is 1.91. The maximum absolute atomic E-state index is 12.5. The molecule has 1 heterocycles. The second-order valence-corrected chi connectivity index (χ2v) is 5.42. The van der Waals surface area contributed by atoms with E-state index in [2.05, 4.69) is 29.3 Å². The highest BCUT2D eigenvalue weighted by Crippen LogP contribution is 2.07. The highest BCUT2D eigenvalue weighted by atomic mass is 16.2. The summed E-state index contributed by atoms with van der Waals surface area (Å²) in [6, 6.07) is 10.6. The van der Waals surface area contributed by atoms with Crippen molar-refractivity contribution >= 4 is 5.91 Å². The first-order chi connectivity index (χ1) is 9.70. The van der Waals surface area contributed by atoms with E-state index in [-0.39, 0.29) is 5.91 Å². The van der Waals surface area contributed by atoms with Gasteiger partial charge in [-0.2, -0.15) is 0 Å². The van der Waals surface area contributed by atoms with E-state index in [1.165, 1.54) is 5.56 Å². The SMILES string of the molecule is CCN(Cc1ccccc1)C(=O)CN1CCNC[C@H]1C. The summed E-state index contributed by atoms with van der Waals surface area (Å²) in [4.78, 5) is 16.7. The highest BCUT2D eigenvalue weighted by Gasteiger charge is 2.22. The molecule has 4 nitrogen and oxygen atoms in total. The number of piperazine rings is 1. The first-order valence-corrected chi connectivity index (χ1v) is 7.47. The van der Waals surface area contributed by atoms with Crippen LogP contribution in [-0.2, 0) is 11.3 Å². The first-order valence-electron chi connectivity index (χ1n) is 7.47. The number of nitrogens with one attached hydrogen (secondary N) is 1. The van der Waals surface area contributed by atoms with Gasteiger partial charge in [-0.25, -0.2) is 0 Å². The van der Waals surface area contributed by atoms with Crippen LogP contribution in [0.3, 0.4) is 0 Å². The van der Waals surface area contributed by atoms with Crippen molar-refractivity contribution in [2.45, 2.75) is 26.4 Å². The number of carbonyl (C=O) groups excluding carboxylic acids is 1. The number of amides is 1. The Labute approximate surface area is 121 Å². The van der Waals surface area contributed by atoms with E-state index in [1.54, 1.807) is 0 Å². The predicted molar refractivity (Wildman–Crippen MR) is 81.4 cm³/mol. The number of rotatable bonds is 5. The van der Waals surface area contributed by atoms with Crippen LogP contribution < -0.4 is 5.32 Å². The zero-order chi connectivity index (χ0) is 14.4. The second kappa shape index (κ2) is 7.41. The third-order valence-corrected chi connectivity index (χ3v) is 3.93. The van der Waals surface area contributed by atoms with Gasteiger partial charge in [-0.15, -0.1) is 0 Å². The first kappa shape index (κ1) is 15.0. The molecular formula is C16H25N3O. The quantitative estimate of drug-likeness (QED) is 0.880. The molecule has 1 N–H and O–H groups in total. The van der Waals surface area contributed by atoms with Crippen LogP contribution in [0.5, 0.6) is 0 Å². The molecule has 0 spiro atoms. The maximum Gasteiger partial charge on any atom is 0.237 e. The van der Waals surface area contributed by atoms with Crippen LogP contribution in [0.2, 0.25) is 0 Å². The number of nitrogens with zero attached hydrogens (tertiary/aromatic N) is 2. The fraction of sp³-hybridized carbons (Fsp3) is 0.562. The van der Waals surface area contributed by atoms with Crippen molar-refractivity contribution in [2.75, 3.05) is 32.7 Å². The van der Waals surface area contributed by atoms with Crippen LogP contribution in [0, 0.1) is 0 Å². The molecule has 1 atom stereocenters. The molecule has 1 aliphatic heterocycles. The largest absolute Gasteiger partial charge is 0.338 e. The van der Waals surface area contributed by atoms with E-state index in [1.807, 2.05) is 30.0 Å². The zero-order valence-electron chi connectivity index (χ0n) is 12.5. The third kappa shape index (κ3) is 4.05. The van der Waals surface area contributed by atoms with E-state index in [9.17, 15) is 4.79 Å². The maximum atomic E-state index is 12.5. The smallest absolute Gasteiger partial charge is 0.237 e. The minimum atomic E-state index is 0.227. The summed E-state index contributed by atoms with van der Waals surface area (Å²) < 4.78 is 0. The fourth-order valence-corrected chi connectivity index (χ4v) is 2.57. The number of benzene rings is 1. The van der Waals surface area contributed by atoms with Crippen molar-refractivity contribution in [3.05, 3.63) is 35.9 Å². The Kier molecular flexibility index (Phi) is 5.56. The van der Waals surface area contributed by atoms with Crippen molar-refractivity contribution < 1.29 is 4.79 Å². The van der Waals surface area contributed by atoms with Gasteiger partial charge < -0.3 is 10.2 Å². The van der Waals surface area contributed by atoms with Crippen molar-refractivity contribution in [3.8, 4) is 0 Å². The average molecular weight is 275 g/mol. The molecule has 1 amide bonds. The molecular weight excluding hydrogens is 250 g/mol. The van der Waals surface area contributed by atoms with Crippen LogP contribution in [0.1, 0.15) is 19.4 Å². The van der Waals surface area contributed by atoms with Gasteiger partial charge in [-0.05, 0) is 19.4 Å². The Bertz CT molecular complexity index is 421. The van der Waals surface area contributed by atoms with Gasteiger partial charge in [-0.3, -0.25) is 9.69 Å². The van der Waals surface area contributed by atoms with E-state index in [0.717, 1.165) is 26.2 Å². The van der Waals surface area contributed by atoms with Gasteiger partial charge in [-0.1, -0.05) is 30.3 Å². The fourth-order valence-electron chi connectivity index (χ4n) is 2.57. The van der Waals surface area contributed by atoms with Gasteiger partial charge in [0.15, 0.2) is 0 Å². The Morgan fingerprint density at radius 3 is 2.80 bits per heavy atom. The summed E-state index contributed by atoms with van der Waals surface area (Å²) in [7, 11) is 0. The minimum absolute atomic E-state index is 0.227. The molecule has 1 aromatic carbocycles. The van der Waals surface area contributed by atoms with E-state index in [0.29, 0.717) is 19.1 Å². The van der Waals surface area contributed by atoms with E-state index >= 15 is 0 Å². The van der Waals surface area contributed by atoms with Crippen molar-refractivity contribution in [2.24, 2.45) is 0 Å². The van der Waals surface area contributed by atoms with Gasteiger partial charge in [0.2, 0.25) is 5.91 Å². The van der Waals surface area contributed by atoms with Crippen LogP contribution in [0.4, 0.5) is 0 Å². The summed E-state index contributed by atoms with van der Waals surface area (Å²) in [5.74, 6) is 0.227. The highest BCUT2D eigenvalue weighted by molar-refractivity contribution is 5.78. The standard InChI is InChI=1S/C16H25N3O/c1-3-18(12-15-7-5-4-6-8-15)16(20)13-19-10-9-17-11-14(19)2/h4-8,14,17H,3,9-13H2,1-2H3/t14-/m1/s1. The van der Waals surface area contributed by atoms with Gasteiger partial charge in [0.25, 0.3) is 0 Å². The van der Waals surface area contributed by atoms with Gasteiger partial charge in [0.1, 0.15) is 0 Å². The van der Waals surface area contributed by atoms with Gasteiger partial charge in [0, 0.05) is 38.8 Å².